The van der Waals surface area contributed by atoms with Crippen molar-refractivity contribution in [3.63, 3.8) is 0 Å². The molecule has 1 unspecified atom stereocenters. The van der Waals surface area contributed by atoms with Gasteiger partial charge in [-0.25, -0.2) is 0 Å². The lowest BCUT2D eigenvalue weighted by Gasteiger charge is -2.26. The van der Waals surface area contributed by atoms with Crippen LogP contribution in [0.3, 0.4) is 0 Å². The van der Waals surface area contributed by atoms with Crippen molar-refractivity contribution in [1.82, 2.24) is 4.90 Å². The summed E-state index contributed by atoms with van der Waals surface area (Å²) in [7, 11) is 0. The summed E-state index contributed by atoms with van der Waals surface area (Å²) in [5.41, 5.74) is 6.98. The molecule has 2 aliphatic rings. The van der Waals surface area contributed by atoms with E-state index in [2.05, 4.69) is 4.90 Å². The topological polar surface area (TPSA) is 57.0 Å². The maximum atomic E-state index is 5.91. The van der Waals surface area contributed by atoms with Crippen LogP contribution in [0.2, 0.25) is 0 Å². The van der Waals surface area contributed by atoms with Crippen molar-refractivity contribution >= 4 is 0 Å². The highest BCUT2D eigenvalue weighted by Crippen LogP contribution is 2.33. The molecule has 19 heavy (non-hydrogen) atoms. The molecule has 0 saturated carbocycles. The molecule has 0 amide bonds. The van der Waals surface area contributed by atoms with E-state index in [-0.39, 0.29) is 6.04 Å². The first kappa shape index (κ1) is 12.7. The molecule has 0 radical (unpaired) electrons. The Bertz CT molecular complexity index is 433. The Morgan fingerprint density at radius 2 is 2.16 bits per heavy atom. The van der Waals surface area contributed by atoms with Crippen molar-refractivity contribution in [3.8, 4) is 11.5 Å². The van der Waals surface area contributed by atoms with Crippen LogP contribution < -0.4 is 15.2 Å². The highest BCUT2D eigenvalue weighted by Gasteiger charge is 2.20. The molecule has 0 aliphatic carbocycles. The van der Waals surface area contributed by atoms with Gasteiger partial charge < -0.3 is 19.9 Å². The number of hydrogen-bond donors (Lipinski definition) is 1. The molecule has 1 saturated heterocycles. The molecule has 5 nitrogen and oxygen atoms in total. The van der Waals surface area contributed by atoms with Gasteiger partial charge in [-0.05, 0) is 12.1 Å². The minimum Gasteiger partial charge on any atom is -0.492 e. The van der Waals surface area contributed by atoms with Crippen LogP contribution >= 0.6 is 0 Å². The number of morpholine rings is 1. The minimum atomic E-state index is -0.00241. The monoisotopic (exact) mass is 264 g/mol. The second kappa shape index (κ2) is 5.77. The lowest BCUT2D eigenvalue weighted by Crippen LogP contribution is -2.38. The van der Waals surface area contributed by atoms with Crippen LogP contribution in [0.1, 0.15) is 11.6 Å². The average Bonchev–Trinajstić information content (AvgIpc) is 2.81. The quantitative estimate of drug-likeness (QED) is 0.871. The van der Waals surface area contributed by atoms with E-state index < -0.39 is 0 Å². The Morgan fingerprint density at radius 3 is 3.00 bits per heavy atom. The standard InChI is InChI=1S/C14H20N2O3/c15-13-10-19-14-9-11(1-2-12(13)14)18-8-5-16-3-6-17-7-4-16/h1-2,9,13H,3-8,10,15H2. The molecule has 2 aliphatic heterocycles. The first-order valence-corrected chi connectivity index (χ1v) is 6.78. The Kier molecular flexibility index (Phi) is 3.87. The van der Waals surface area contributed by atoms with Gasteiger partial charge in [-0.1, -0.05) is 0 Å². The molecule has 0 aromatic heterocycles. The number of nitrogens with zero attached hydrogens (tertiary/aromatic N) is 1. The molecule has 1 aromatic carbocycles. The molecule has 1 fully saturated rings. The van der Waals surface area contributed by atoms with E-state index in [9.17, 15) is 0 Å². The summed E-state index contributed by atoms with van der Waals surface area (Å²) in [5.74, 6) is 1.71. The van der Waals surface area contributed by atoms with Crippen molar-refractivity contribution in [1.29, 1.82) is 0 Å². The summed E-state index contributed by atoms with van der Waals surface area (Å²) >= 11 is 0. The molecule has 0 bridgehead atoms. The zero-order valence-electron chi connectivity index (χ0n) is 11.0. The lowest BCUT2D eigenvalue weighted by molar-refractivity contribution is 0.0322. The van der Waals surface area contributed by atoms with E-state index in [1.54, 1.807) is 0 Å². The smallest absolute Gasteiger partial charge is 0.127 e. The first-order chi connectivity index (χ1) is 9.33. The van der Waals surface area contributed by atoms with Gasteiger partial charge in [-0.15, -0.1) is 0 Å². The average molecular weight is 264 g/mol. The van der Waals surface area contributed by atoms with Crippen LogP contribution in [0, 0.1) is 0 Å². The highest BCUT2D eigenvalue weighted by atomic mass is 16.5. The maximum absolute atomic E-state index is 5.91. The van der Waals surface area contributed by atoms with Gasteiger partial charge in [0, 0.05) is 31.3 Å². The lowest BCUT2D eigenvalue weighted by atomic mass is 10.1. The minimum absolute atomic E-state index is 0.00241. The zero-order valence-corrected chi connectivity index (χ0v) is 11.0. The predicted octanol–water partition coefficient (Wildman–Crippen LogP) is 0.790. The first-order valence-electron chi connectivity index (χ1n) is 6.78. The third kappa shape index (κ3) is 3.00. The van der Waals surface area contributed by atoms with Crippen molar-refractivity contribution in [2.24, 2.45) is 5.73 Å². The van der Waals surface area contributed by atoms with Gasteiger partial charge >= 0.3 is 0 Å². The number of rotatable bonds is 4. The third-order valence-corrected chi connectivity index (χ3v) is 3.58. The molecule has 3 rings (SSSR count). The van der Waals surface area contributed by atoms with Crippen LogP contribution in [0.4, 0.5) is 0 Å². The second-order valence-electron chi connectivity index (χ2n) is 4.92. The fraction of sp³-hybridized carbons (Fsp3) is 0.571. The maximum Gasteiger partial charge on any atom is 0.127 e. The van der Waals surface area contributed by atoms with E-state index in [4.69, 9.17) is 19.9 Å². The fourth-order valence-corrected chi connectivity index (χ4v) is 2.42. The molecular formula is C14H20N2O3. The Morgan fingerprint density at radius 1 is 1.32 bits per heavy atom. The van der Waals surface area contributed by atoms with Gasteiger partial charge in [-0.3, -0.25) is 4.90 Å². The normalized spacial score (nSPS) is 22.9. The van der Waals surface area contributed by atoms with Gasteiger partial charge in [0.15, 0.2) is 0 Å². The molecular weight excluding hydrogens is 244 g/mol. The summed E-state index contributed by atoms with van der Waals surface area (Å²) in [6.07, 6.45) is 0. The zero-order chi connectivity index (χ0) is 13.1. The molecule has 1 aromatic rings. The summed E-state index contributed by atoms with van der Waals surface area (Å²) in [4.78, 5) is 2.35. The van der Waals surface area contributed by atoms with Crippen molar-refractivity contribution in [3.05, 3.63) is 23.8 Å². The van der Waals surface area contributed by atoms with E-state index in [0.29, 0.717) is 13.2 Å². The predicted molar refractivity (Wildman–Crippen MR) is 71.6 cm³/mol. The van der Waals surface area contributed by atoms with Crippen molar-refractivity contribution in [2.45, 2.75) is 6.04 Å². The van der Waals surface area contributed by atoms with Crippen LogP contribution in [-0.2, 0) is 4.74 Å². The van der Waals surface area contributed by atoms with Crippen LogP contribution in [-0.4, -0.2) is 51.0 Å². The second-order valence-corrected chi connectivity index (χ2v) is 4.92. The van der Waals surface area contributed by atoms with E-state index >= 15 is 0 Å². The molecule has 104 valence electrons. The largest absolute Gasteiger partial charge is 0.492 e. The SMILES string of the molecule is NC1COc2cc(OCCN3CCOCC3)ccc21. The van der Waals surface area contributed by atoms with Crippen molar-refractivity contribution < 1.29 is 14.2 Å². The number of benzene rings is 1. The van der Waals surface area contributed by atoms with Gasteiger partial charge in [-0.2, -0.15) is 0 Å². The highest BCUT2D eigenvalue weighted by molar-refractivity contribution is 5.44. The van der Waals surface area contributed by atoms with Crippen molar-refractivity contribution in [2.75, 3.05) is 46.1 Å². The molecule has 2 heterocycles. The summed E-state index contributed by atoms with van der Waals surface area (Å²) in [5, 5.41) is 0. The Labute approximate surface area is 113 Å². The van der Waals surface area contributed by atoms with E-state index in [1.165, 1.54) is 0 Å². The summed E-state index contributed by atoms with van der Waals surface area (Å²) in [6.45, 7) is 5.81. The van der Waals surface area contributed by atoms with E-state index in [1.807, 2.05) is 18.2 Å². The third-order valence-electron chi connectivity index (χ3n) is 3.58. The van der Waals surface area contributed by atoms with Crippen LogP contribution in [0.25, 0.3) is 0 Å². The molecule has 0 spiro atoms. The van der Waals surface area contributed by atoms with E-state index in [0.717, 1.165) is 49.9 Å². The fourth-order valence-electron chi connectivity index (χ4n) is 2.42. The van der Waals surface area contributed by atoms with Gasteiger partial charge in [0.25, 0.3) is 0 Å². The van der Waals surface area contributed by atoms with Crippen LogP contribution in [0.15, 0.2) is 18.2 Å². The number of hydrogen-bond acceptors (Lipinski definition) is 5. The van der Waals surface area contributed by atoms with Crippen LogP contribution in [0.5, 0.6) is 11.5 Å². The molecule has 2 N–H and O–H groups in total. The molecule has 1 atom stereocenters. The molecule has 5 heteroatoms. The van der Waals surface area contributed by atoms with Gasteiger partial charge in [0.2, 0.25) is 0 Å². The summed E-state index contributed by atoms with van der Waals surface area (Å²) in [6, 6.07) is 5.89. The number of fused-ring (bicyclic) bond motifs is 1. The Balaban J connectivity index is 1.50. The Hall–Kier alpha value is -1.30. The van der Waals surface area contributed by atoms with Gasteiger partial charge in [0.1, 0.15) is 24.7 Å². The summed E-state index contributed by atoms with van der Waals surface area (Å²) < 4.78 is 16.6. The van der Waals surface area contributed by atoms with Gasteiger partial charge in [0.05, 0.1) is 19.3 Å². The number of nitrogens with two attached hydrogens (primary N) is 1. The number of ether oxygens (including phenoxy) is 3.